The molecule has 1 aliphatic heterocycles. The number of carbonyl (C=O) groups is 2. The van der Waals surface area contributed by atoms with Crippen LogP contribution >= 0.6 is 0 Å². The van der Waals surface area contributed by atoms with Gasteiger partial charge in [-0.15, -0.1) is 0 Å². The number of hydrogen-bond acceptors (Lipinski definition) is 4. The van der Waals surface area contributed by atoms with Gasteiger partial charge in [0.1, 0.15) is 0 Å². The Bertz CT molecular complexity index is 949. The van der Waals surface area contributed by atoms with E-state index in [0.717, 1.165) is 16.7 Å². The van der Waals surface area contributed by atoms with Crippen LogP contribution in [0.5, 0.6) is 0 Å². The maximum Gasteiger partial charge on any atom is 0.220 e. The molecule has 6 heteroatoms. The molecule has 1 fully saturated rings. The van der Waals surface area contributed by atoms with Gasteiger partial charge in [0.15, 0.2) is 0 Å². The average Bonchev–Trinajstić information content (AvgIpc) is 2.70. The second-order valence-corrected chi connectivity index (χ2v) is 7.48. The molecular weight excluding hydrogens is 366 g/mol. The van der Waals surface area contributed by atoms with Crippen LogP contribution in [0.3, 0.4) is 0 Å². The lowest BCUT2D eigenvalue weighted by Crippen LogP contribution is -2.68. The van der Waals surface area contributed by atoms with Crippen molar-refractivity contribution < 1.29 is 14.7 Å². The number of likely N-dealkylation sites (tertiary alicyclic amines) is 1. The van der Waals surface area contributed by atoms with Gasteiger partial charge < -0.3 is 14.9 Å². The second-order valence-electron chi connectivity index (χ2n) is 7.48. The molecule has 1 aliphatic rings. The van der Waals surface area contributed by atoms with Gasteiger partial charge in [0.25, 0.3) is 0 Å². The van der Waals surface area contributed by atoms with E-state index in [9.17, 15) is 14.7 Å². The molecule has 0 bridgehead atoms. The van der Waals surface area contributed by atoms with Gasteiger partial charge in [0, 0.05) is 33.4 Å². The number of aliphatic hydroxyl groups is 1. The Labute approximate surface area is 171 Å². The molecule has 2 aromatic carbocycles. The van der Waals surface area contributed by atoms with E-state index in [-0.39, 0.29) is 36.4 Å². The molecule has 150 valence electrons. The van der Waals surface area contributed by atoms with Crippen LogP contribution in [0.1, 0.15) is 30.9 Å². The fourth-order valence-corrected chi connectivity index (χ4v) is 4.14. The van der Waals surface area contributed by atoms with Crippen LogP contribution in [-0.2, 0) is 9.59 Å². The zero-order valence-electron chi connectivity index (χ0n) is 16.9. The third-order valence-corrected chi connectivity index (χ3v) is 5.71. The van der Waals surface area contributed by atoms with Crippen molar-refractivity contribution in [3.8, 4) is 17.2 Å². The maximum atomic E-state index is 12.1. The van der Waals surface area contributed by atoms with Gasteiger partial charge in [-0.05, 0) is 28.8 Å². The molecule has 6 nitrogen and oxygen atoms in total. The third-order valence-electron chi connectivity index (χ3n) is 5.71. The zero-order valence-corrected chi connectivity index (χ0v) is 16.9. The van der Waals surface area contributed by atoms with Gasteiger partial charge >= 0.3 is 0 Å². The monoisotopic (exact) mass is 391 g/mol. The van der Waals surface area contributed by atoms with E-state index in [1.807, 2.05) is 42.5 Å². The van der Waals surface area contributed by atoms with E-state index in [0.29, 0.717) is 12.1 Å². The summed E-state index contributed by atoms with van der Waals surface area (Å²) < 4.78 is 0. The number of benzene rings is 2. The average molecular weight is 391 g/mol. The summed E-state index contributed by atoms with van der Waals surface area (Å²) in [5, 5.41) is 19.0. The number of nitrogens with zero attached hydrogens (tertiary/aromatic N) is 3. The first-order valence-electron chi connectivity index (χ1n) is 9.59. The molecule has 1 heterocycles. The topological polar surface area (TPSA) is 84.6 Å². The first kappa shape index (κ1) is 20.6. The van der Waals surface area contributed by atoms with E-state index < -0.39 is 0 Å². The number of nitriles is 1. The summed E-state index contributed by atoms with van der Waals surface area (Å²) in [6.45, 7) is 3.28. The van der Waals surface area contributed by atoms with Crippen molar-refractivity contribution in [2.24, 2.45) is 0 Å². The minimum Gasteiger partial charge on any atom is -0.394 e. The van der Waals surface area contributed by atoms with Gasteiger partial charge in [-0.1, -0.05) is 36.4 Å². The lowest BCUT2D eigenvalue weighted by Gasteiger charge is -2.55. The molecule has 2 amide bonds. The Morgan fingerprint density at radius 3 is 2.34 bits per heavy atom. The fourth-order valence-electron chi connectivity index (χ4n) is 4.14. The van der Waals surface area contributed by atoms with Crippen LogP contribution in [0.25, 0.3) is 11.1 Å². The summed E-state index contributed by atoms with van der Waals surface area (Å²) in [7, 11) is 1.72. The summed E-state index contributed by atoms with van der Waals surface area (Å²) in [6, 6.07) is 17.1. The largest absolute Gasteiger partial charge is 0.394 e. The molecule has 0 radical (unpaired) electrons. The van der Waals surface area contributed by atoms with Crippen molar-refractivity contribution in [3.05, 3.63) is 59.7 Å². The molecule has 0 saturated carbocycles. The molecule has 2 aromatic rings. The zero-order chi connectivity index (χ0) is 21.1. The van der Waals surface area contributed by atoms with Gasteiger partial charge in [0.2, 0.25) is 11.8 Å². The highest BCUT2D eigenvalue weighted by atomic mass is 16.3. The molecular formula is C23H25N3O3. The van der Waals surface area contributed by atoms with Crippen molar-refractivity contribution in [1.29, 1.82) is 5.26 Å². The normalized spacial score (nSPS) is 20.5. The third kappa shape index (κ3) is 4.01. The highest BCUT2D eigenvalue weighted by Crippen LogP contribution is 2.41. The van der Waals surface area contributed by atoms with Crippen molar-refractivity contribution in [3.63, 3.8) is 0 Å². The molecule has 29 heavy (non-hydrogen) atoms. The Morgan fingerprint density at radius 2 is 1.79 bits per heavy atom. The molecule has 0 aliphatic carbocycles. The van der Waals surface area contributed by atoms with Crippen LogP contribution in [0, 0.1) is 11.3 Å². The molecule has 3 rings (SSSR count). The molecule has 0 aromatic heterocycles. The first-order valence-corrected chi connectivity index (χ1v) is 9.59. The quantitative estimate of drug-likeness (QED) is 0.848. The highest BCUT2D eigenvalue weighted by Gasteiger charge is 2.50. The van der Waals surface area contributed by atoms with E-state index in [1.54, 1.807) is 22.9 Å². The Morgan fingerprint density at radius 1 is 1.10 bits per heavy atom. The van der Waals surface area contributed by atoms with Gasteiger partial charge in [0.05, 0.1) is 30.3 Å². The van der Waals surface area contributed by atoms with Crippen LogP contribution in [0.4, 0.5) is 0 Å². The molecule has 0 unspecified atom stereocenters. The fraction of sp³-hybridized carbons (Fsp3) is 0.348. The Kier molecular flexibility index (Phi) is 6.00. The summed E-state index contributed by atoms with van der Waals surface area (Å²) in [5.41, 5.74) is 3.58. The van der Waals surface area contributed by atoms with Crippen molar-refractivity contribution >= 4 is 11.8 Å². The van der Waals surface area contributed by atoms with E-state index in [2.05, 4.69) is 6.07 Å². The number of aliphatic hydroxyl groups excluding tert-OH is 1. The molecule has 3 atom stereocenters. The molecule has 0 spiro atoms. The van der Waals surface area contributed by atoms with Gasteiger partial charge in [-0.2, -0.15) is 5.26 Å². The number of rotatable bonds is 5. The van der Waals surface area contributed by atoms with Crippen LogP contribution in [0.2, 0.25) is 0 Å². The second kappa shape index (κ2) is 8.46. The lowest BCUT2D eigenvalue weighted by atomic mass is 9.74. The standard InChI is InChI=1S/C23H25N3O3/c1-15(28)25(3)13-21-23(22(14-27)26(21)16(2)29)19-9-7-18(8-10-19)20-6-4-5-17(11-20)12-24/h4-11,21-23,27H,13-14H2,1-3H3/t21-,22+,23-/m0/s1. The van der Waals surface area contributed by atoms with Crippen LogP contribution in [0.15, 0.2) is 48.5 Å². The number of amides is 2. The number of likely N-dealkylation sites (N-methyl/N-ethyl adjacent to an activating group) is 1. The van der Waals surface area contributed by atoms with E-state index in [4.69, 9.17) is 5.26 Å². The van der Waals surface area contributed by atoms with E-state index in [1.165, 1.54) is 13.8 Å². The van der Waals surface area contributed by atoms with Crippen molar-refractivity contribution in [1.82, 2.24) is 9.80 Å². The van der Waals surface area contributed by atoms with Crippen LogP contribution in [-0.4, -0.2) is 59.0 Å². The first-order chi connectivity index (χ1) is 13.9. The molecule has 1 N–H and O–H groups in total. The summed E-state index contributed by atoms with van der Waals surface area (Å²) in [6.07, 6.45) is 0. The smallest absolute Gasteiger partial charge is 0.220 e. The predicted molar refractivity (Wildman–Crippen MR) is 110 cm³/mol. The van der Waals surface area contributed by atoms with Gasteiger partial charge in [-0.3, -0.25) is 9.59 Å². The Balaban J connectivity index is 1.89. The van der Waals surface area contributed by atoms with Crippen molar-refractivity contribution in [2.45, 2.75) is 31.8 Å². The Hall–Kier alpha value is -3.17. The molecule has 1 saturated heterocycles. The van der Waals surface area contributed by atoms with Gasteiger partial charge in [-0.25, -0.2) is 0 Å². The van der Waals surface area contributed by atoms with Crippen LogP contribution < -0.4 is 0 Å². The number of carbonyl (C=O) groups excluding carboxylic acids is 2. The minimum atomic E-state index is -0.300. The summed E-state index contributed by atoms with van der Waals surface area (Å²) in [4.78, 5) is 27.1. The predicted octanol–water partition coefficient (Wildman–Crippen LogP) is 2.38. The number of hydrogen-bond donors (Lipinski definition) is 1. The SMILES string of the molecule is CC(=O)N(C)C[C@H]1[C@H](c2ccc(-c3cccc(C#N)c3)cc2)[C@@H](CO)N1C(C)=O. The highest BCUT2D eigenvalue weighted by molar-refractivity contribution is 5.77. The maximum absolute atomic E-state index is 12.1. The summed E-state index contributed by atoms with van der Waals surface area (Å²) >= 11 is 0. The minimum absolute atomic E-state index is 0.0507. The lowest BCUT2D eigenvalue weighted by molar-refractivity contribution is -0.151. The van der Waals surface area contributed by atoms with Crippen molar-refractivity contribution in [2.75, 3.05) is 20.2 Å². The van der Waals surface area contributed by atoms with E-state index >= 15 is 0 Å². The summed E-state index contributed by atoms with van der Waals surface area (Å²) in [5.74, 6) is -0.218.